The lowest BCUT2D eigenvalue weighted by Gasteiger charge is -2.16. The average Bonchev–Trinajstić information content (AvgIpc) is 3.16. The molecular formula is C18H20N2O4S. The van der Waals surface area contributed by atoms with Crippen molar-refractivity contribution in [1.82, 2.24) is 10.6 Å². The number of benzene rings is 1. The van der Waals surface area contributed by atoms with Gasteiger partial charge in [-0.1, -0.05) is 36.4 Å². The highest BCUT2D eigenvalue weighted by Gasteiger charge is 2.21. The number of ether oxygens (including phenoxy) is 1. The van der Waals surface area contributed by atoms with Crippen LogP contribution in [0.2, 0.25) is 0 Å². The molecule has 7 heteroatoms. The predicted octanol–water partition coefficient (Wildman–Crippen LogP) is 1.77. The predicted molar refractivity (Wildman–Crippen MR) is 95.4 cm³/mol. The van der Waals surface area contributed by atoms with Gasteiger partial charge >= 0.3 is 5.97 Å². The summed E-state index contributed by atoms with van der Waals surface area (Å²) in [4.78, 5) is 36.3. The molecule has 0 aliphatic carbocycles. The maximum atomic E-state index is 12.1. The van der Waals surface area contributed by atoms with Crippen LogP contribution < -0.4 is 10.6 Å². The summed E-state index contributed by atoms with van der Waals surface area (Å²) < 4.78 is 4.76. The van der Waals surface area contributed by atoms with Crippen molar-refractivity contribution in [3.8, 4) is 0 Å². The molecule has 0 saturated carbocycles. The van der Waals surface area contributed by atoms with E-state index in [0.29, 0.717) is 11.3 Å². The van der Waals surface area contributed by atoms with E-state index in [1.165, 1.54) is 18.4 Å². The molecule has 6 nitrogen and oxygen atoms in total. The Morgan fingerprint density at radius 3 is 2.52 bits per heavy atom. The number of amides is 2. The smallest absolute Gasteiger partial charge is 0.328 e. The Morgan fingerprint density at radius 2 is 1.88 bits per heavy atom. The number of carbonyl (C=O) groups excluding carboxylic acids is 3. The summed E-state index contributed by atoms with van der Waals surface area (Å²) in [7, 11) is 1.29. The van der Waals surface area contributed by atoms with Gasteiger partial charge in [-0.15, -0.1) is 11.3 Å². The van der Waals surface area contributed by atoms with Crippen molar-refractivity contribution in [3.63, 3.8) is 0 Å². The number of hydrogen-bond donors (Lipinski definition) is 2. The van der Waals surface area contributed by atoms with Crippen molar-refractivity contribution in [2.24, 2.45) is 0 Å². The Hall–Kier alpha value is -2.67. The second-order valence-corrected chi connectivity index (χ2v) is 6.26. The van der Waals surface area contributed by atoms with E-state index in [1.54, 1.807) is 12.1 Å². The molecule has 1 atom stereocenters. The molecule has 1 aromatic carbocycles. The Kier molecular flexibility index (Phi) is 7.16. The minimum atomic E-state index is -0.757. The van der Waals surface area contributed by atoms with E-state index < -0.39 is 12.0 Å². The maximum absolute atomic E-state index is 12.1. The van der Waals surface area contributed by atoms with Gasteiger partial charge < -0.3 is 15.4 Å². The van der Waals surface area contributed by atoms with E-state index in [-0.39, 0.29) is 24.8 Å². The van der Waals surface area contributed by atoms with Crippen LogP contribution in [0.15, 0.2) is 47.8 Å². The number of thiophene rings is 1. The van der Waals surface area contributed by atoms with Crippen LogP contribution in [0.1, 0.15) is 21.7 Å². The fraction of sp³-hybridized carbons (Fsp3) is 0.278. The van der Waals surface area contributed by atoms with Crippen LogP contribution in [0, 0.1) is 0 Å². The molecule has 0 saturated heterocycles. The van der Waals surface area contributed by atoms with Crippen molar-refractivity contribution in [3.05, 3.63) is 58.3 Å². The minimum absolute atomic E-state index is 0.0827. The molecule has 0 radical (unpaired) electrons. The van der Waals surface area contributed by atoms with Crippen molar-refractivity contribution >= 4 is 29.1 Å². The molecule has 2 rings (SSSR count). The van der Waals surface area contributed by atoms with Gasteiger partial charge in [-0.25, -0.2) is 4.79 Å². The lowest BCUT2D eigenvalue weighted by molar-refractivity contribution is -0.145. The van der Waals surface area contributed by atoms with Crippen LogP contribution in [0.5, 0.6) is 0 Å². The third kappa shape index (κ3) is 6.04. The van der Waals surface area contributed by atoms with Crippen molar-refractivity contribution in [2.45, 2.75) is 18.9 Å². The largest absolute Gasteiger partial charge is 0.467 e. The standard InChI is InChI=1S/C18H20N2O4S/c1-24-18(23)14(12-13-6-3-2-4-7-13)20-16(21)9-10-19-17(22)15-8-5-11-25-15/h2-8,11,14H,9-10,12H2,1H3,(H,19,22)(H,20,21)/t14-/m0/s1. The normalized spacial score (nSPS) is 11.4. The number of rotatable bonds is 8. The lowest BCUT2D eigenvalue weighted by atomic mass is 10.1. The van der Waals surface area contributed by atoms with Crippen LogP contribution in [0.25, 0.3) is 0 Å². The molecule has 2 N–H and O–H groups in total. The SMILES string of the molecule is COC(=O)[C@H](Cc1ccccc1)NC(=O)CCNC(=O)c1cccs1. The Labute approximate surface area is 150 Å². The molecule has 0 aliphatic heterocycles. The molecule has 25 heavy (non-hydrogen) atoms. The highest BCUT2D eigenvalue weighted by Crippen LogP contribution is 2.08. The molecule has 2 amide bonds. The van der Waals surface area contributed by atoms with E-state index in [9.17, 15) is 14.4 Å². The van der Waals surface area contributed by atoms with Gasteiger partial charge in [0.15, 0.2) is 0 Å². The molecule has 1 heterocycles. The highest BCUT2D eigenvalue weighted by atomic mass is 32.1. The fourth-order valence-corrected chi connectivity index (χ4v) is 2.88. The van der Waals surface area contributed by atoms with Gasteiger partial charge in [0.1, 0.15) is 6.04 Å². The van der Waals surface area contributed by atoms with Crippen LogP contribution in [-0.2, 0) is 20.7 Å². The number of hydrogen-bond acceptors (Lipinski definition) is 5. The molecule has 2 aromatic rings. The second kappa shape index (κ2) is 9.58. The average molecular weight is 360 g/mol. The molecule has 0 spiro atoms. The summed E-state index contributed by atoms with van der Waals surface area (Å²) in [5.41, 5.74) is 0.921. The third-order valence-corrected chi connectivity index (χ3v) is 4.35. The van der Waals surface area contributed by atoms with Crippen molar-refractivity contribution in [2.75, 3.05) is 13.7 Å². The topological polar surface area (TPSA) is 84.5 Å². The summed E-state index contributed by atoms with van der Waals surface area (Å²) in [6.45, 7) is 0.196. The molecule has 0 bridgehead atoms. The quantitative estimate of drug-likeness (QED) is 0.703. The number of methoxy groups -OCH3 is 1. The van der Waals surface area contributed by atoms with Crippen LogP contribution in [-0.4, -0.2) is 37.5 Å². The van der Waals surface area contributed by atoms with Gasteiger partial charge in [-0.3, -0.25) is 9.59 Å². The van der Waals surface area contributed by atoms with Crippen LogP contribution in [0.3, 0.4) is 0 Å². The first-order chi connectivity index (χ1) is 12.1. The molecule has 0 unspecified atom stereocenters. The van der Waals surface area contributed by atoms with Crippen LogP contribution in [0.4, 0.5) is 0 Å². The van der Waals surface area contributed by atoms with Gasteiger partial charge in [0.25, 0.3) is 5.91 Å². The monoisotopic (exact) mass is 360 g/mol. The number of nitrogens with one attached hydrogen (secondary N) is 2. The molecule has 0 fully saturated rings. The first-order valence-electron chi connectivity index (χ1n) is 7.83. The summed E-state index contributed by atoms with van der Waals surface area (Å²) in [5.74, 6) is -1.03. The lowest BCUT2D eigenvalue weighted by Crippen LogP contribution is -2.44. The van der Waals surface area contributed by atoms with Crippen molar-refractivity contribution in [1.29, 1.82) is 0 Å². The summed E-state index contributed by atoms with van der Waals surface area (Å²) in [5, 5.41) is 7.15. The third-order valence-electron chi connectivity index (χ3n) is 3.49. The number of carbonyl (C=O) groups is 3. The fourth-order valence-electron chi connectivity index (χ4n) is 2.24. The zero-order valence-corrected chi connectivity index (χ0v) is 14.7. The van der Waals surface area contributed by atoms with Gasteiger partial charge in [0.05, 0.1) is 12.0 Å². The zero-order chi connectivity index (χ0) is 18.1. The van der Waals surface area contributed by atoms with E-state index >= 15 is 0 Å². The number of esters is 1. The zero-order valence-electron chi connectivity index (χ0n) is 13.9. The van der Waals surface area contributed by atoms with E-state index in [0.717, 1.165) is 5.56 Å². The first kappa shape index (κ1) is 18.7. The molecule has 132 valence electrons. The second-order valence-electron chi connectivity index (χ2n) is 5.32. The Bertz CT molecular complexity index is 701. The van der Waals surface area contributed by atoms with E-state index in [1.807, 2.05) is 35.7 Å². The van der Waals surface area contributed by atoms with Gasteiger partial charge in [-0.05, 0) is 17.0 Å². The Balaban J connectivity index is 1.82. The van der Waals surface area contributed by atoms with Crippen LogP contribution >= 0.6 is 11.3 Å². The molecule has 1 aromatic heterocycles. The summed E-state index contributed by atoms with van der Waals surface area (Å²) in [6.07, 6.45) is 0.431. The first-order valence-corrected chi connectivity index (χ1v) is 8.71. The highest BCUT2D eigenvalue weighted by molar-refractivity contribution is 7.12. The van der Waals surface area contributed by atoms with Gasteiger partial charge in [0.2, 0.25) is 5.91 Å². The molecular weight excluding hydrogens is 340 g/mol. The summed E-state index contributed by atoms with van der Waals surface area (Å²) >= 11 is 1.33. The van der Waals surface area contributed by atoms with Gasteiger partial charge in [0, 0.05) is 19.4 Å². The minimum Gasteiger partial charge on any atom is -0.467 e. The van der Waals surface area contributed by atoms with Gasteiger partial charge in [-0.2, -0.15) is 0 Å². The van der Waals surface area contributed by atoms with E-state index in [2.05, 4.69) is 10.6 Å². The van der Waals surface area contributed by atoms with Crippen molar-refractivity contribution < 1.29 is 19.1 Å². The summed E-state index contributed by atoms with van der Waals surface area (Å²) in [6, 6.07) is 12.1. The maximum Gasteiger partial charge on any atom is 0.328 e. The molecule has 0 aliphatic rings. The Morgan fingerprint density at radius 1 is 1.12 bits per heavy atom. The van der Waals surface area contributed by atoms with E-state index in [4.69, 9.17) is 4.74 Å².